The second kappa shape index (κ2) is 3.30. The molecule has 4 nitrogen and oxygen atoms in total. The Labute approximate surface area is 91.7 Å². The van der Waals surface area contributed by atoms with Gasteiger partial charge in [-0.2, -0.15) is 0 Å². The van der Waals surface area contributed by atoms with Crippen molar-refractivity contribution in [3.8, 4) is 0 Å². The summed E-state index contributed by atoms with van der Waals surface area (Å²) in [7, 11) is -2.30. The molecule has 3 aliphatic rings. The van der Waals surface area contributed by atoms with E-state index in [-0.39, 0.29) is 0 Å². The van der Waals surface area contributed by atoms with Gasteiger partial charge in [0.15, 0.2) is 0 Å². The predicted molar refractivity (Wildman–Crippen MR) is 60.7 cm³/mol. The summed E-state index contributed by atoms with van der Waals surface area (Å²) in [6, 6.07) is 1.06. The largest absolute Gasteiger partial charge is 0.287 e. The maximum atomic E-state index is 13.1. The van der Waals surface area contributed by atoms with Crippen LogP contribution in [-0.2, 0) is 4.57 Å². The summed E-state index contributed by atoms with van der Waals surface area (Å²) in [6.45, 7) is 8.47. The van der Waals surface area contributed by atoms with E-state index in [0.29, 0.717) is 12.1 Å². The Morgan fingerprint density at radius 1 is 1.00 bits per heavy atom. The Hall–Kier alpha value is 0.110. The molecule has 3 fully saturated rings. The standard InChI is InChI=1S/C10H20N3OP/c1-9-7-12(9)15(14,13-8-10(13)2)11-5-3-4-6-11/h9-10H,3-8H2,1-2H3. The van der Waals surface area contributed by atoms with Crippen LogP contribution in [0.4, 0.5) is 0 Å². The summed E-state index contributed by atoms with van der Waals surface area (Å²) < 4.78 is 19.8. The van der Waals surface area contributed by atoms with Crippen molar-refractivity contribution < 1.29 is 4.57 Å². The monoisotopic (exact) mass is 229 g/mol. The summed E-state index contributed by atoms with van der Waals surface area (Å²) >= 11 is 0. The van der Waals surface area contributed by atoms with Crippen molar-refractivity contribution in [2.45, 2.75) is 38.8 Å². The third-order valence-corrected chi connectivity index (χ3v) is 7.36. The Balaban J connectivity index is 1.84. The fourth-order valence-corrected chi connectivity index (χ4v) is 6.28. The molecule has 3 aliphatic heterocycles. The maximum Gasteiger partial charge on any atom is 0.287 e. The normalized spacial score (nSPS) is 48.9. The molecule has 0 aromatic rings. The Morgan fingerprint density at radius 2 is 1.40 bits per heavy atom. The van der Waals surface area contributed by atoms with Gasteiger partial charge in [0.1, 0.15) is 0 Å². The molecule has 15 heavy (non-hydrogen) atoms. The van der Waals surface area contributed by atoms with Crippen LogP contribution in [0.1, 0.15) is 26.7 Å². The van der Waals surface area contributed by atoms with Gasteiger partial charge >= 0.3 is 0 Å². The quantitative estimate of drug-likeness (QED) is 0.542. The minimum Gasteiger partial charge on any atom is -0.270 e. The lowest BCUT2D eigenvalue weighted by Gasteiger charge is -2.30. The lowest BCUT2D eigenvalue weighted by molar-refractivity contribution is 0.402. The molecule has 0 aromatic heterocycles. The van der Waals surface area contributed by atoms with Crippen LogP contribution >= 0.6 is 7.59 Å². The SMILES string of the molecule is CC1CN1P(=O)(N1CCCC1)N1CC1C. The summed E-state index contributed by atoms with van der Waals surface area (Å²) in [4.78, 5) is 0. The third-order valence-electron chi connectivity index (χ3n) is 3.77. The van der Waals surface area contributed by atoms with Gasteiger partial charge in [-0.25, -0.2) is 14.0 Å². The lowest BCUT2D eigenvalue weighted by atomic mass is 10.4. The van der Waals surface area contributed by atoms with E-state index in [2.05, 4.69) is 27.9 Å². The van der Waals surface area contributed by atoms with Crippen molar-refractivity contribution in [3.63, 3.8) is 0 Å². The van der Waals surface area contributed by atoms with E-state index < -0.39 is 7.59 Å². The topological polar surface area (TPSA) is 26.3 Å². The maximum absolute atomic E-state index is 13.1. The fraction of sp³-hybridized carbons (Fsp3) is 1.00. The van der Waals surface area contributed by atoms with E-state index in [4.69, 9.17) is 0 Å². The number of hydrogen-bond acceptors (Lipinski definition) is 1. The number of nitrogens with zero attached hydrogens (tertiary/aromatic N) is 3. The molecule has 0 amide bonds. The molecule has 3 saturated heterocycles. The molecule has 0 spiro atoms. The molecule has 4 unspecified atom stereocenters. The molecule has 0 aliphatic carbocycles. The molecule has 0 saturated carbocycles. The first-order chi connectivity index (χ1) is 7.14. The average molecular weight is 229 g/mol. The van der Waals surface area contributed by atoms with Crippen LogP contribution in [0, 0.1) is 0 Å². The van der Waals surface area contributed by atoms with Gasteiger partial charge in [0.25, 0.3) is 7.59 Å². The zero-order chi connectivity index (χ0) is 10.6. The van der Waals surface area contributed by atoms with E-state index >= 15 is 0 Å². The second-order valence-electron chi connectivity index (χ2n) is 5.12. The van der Waals surface area contributed by atoms with Gasteiger partial charge in [-0.05, 0) is 26.7 Å². The van der Waals surface area contributed by atoms with Crippen LogP contribution in [0.5, 0.6) is 0 Å². The predicted octanol–water partition coefficient (Wildman–Crippen LogP) is 1.60. The molecule has 0 N–H and O–H groups in total. The van der Waals surface area contributed by atoms with Gasteiger partial charge in [0.2, 0.25) is 0 Å². The zero-order valence-corrected chi connectivity index (χ0v) is 10.5. The van der Waals surface area contributed by atoms with E-state index in [1.54, 1.807) is 0 Å². The Bertz CT molecular complexity index is 296. The molecule has 4 atom stereocenters. The van der Waals surface area contributed by atoms with Crippen LogP contribution in [0.15, 0.2) is 0 Å². The summed E-state index contributed by atoms with van der Waals surface area (Å²) in [5.41, 5.74) is 0. The lowest BCUT2D eigenvalue weighted by Crippen LogP contribution is -2.26. The molecule has 0 radical (unpaired) electrons. The van der Waals surface area contributed by atoms with Gasteiger partial charge in [-0.3, -0.25) is 4.57 Å². The second-order valence-corrected chi connectivity index (χ2v) is 7.74. The van der Waals surface area contributed by atoms with Gasteiger partial charge in [0.05, 0.1) is 0 Å². The van der Waals surface area contributed by atoms with Crippen molar-refractivity contribution in [2.24, 2.45) is 0 Å². The summed E-state index contributed by atoms with van der Waals surface area (Å²) in [6.07, 6.45) is 2.43. The van der Waals surface area contributed by atoms with E-state index in [1.165, 1.54) is 12.8 Å². The van der Waals surface area contributed by atoms with E-state index in [0.717, 1.165) is 26.2 Å². The minimum absolute atomic E-state index is 0.532. The number of rotatable bonds is 3. The van der Waals surface area contributed by atoms with E-state index in [9.17, 15) is 4.57 Å². The van der Waals surface area contributed by atoms with Crippen molar-refractivity contribution in [1.82, 2.24) is 14.0 Å². The fourth-order valence-electron chi connectivity index (χ4n) is 2.61. The van der Waals surface area contributed by atoms with Gasteiger partial charge < -0.3 is 0 Å². The van der Waals surface area contributed by atoms with Crippen molar-refractivity contribution in [3.05, 3.63) is 0 Å². The molecular weight excluding hydrogens is 209 g/mol. The Kier molecular flexibility index (Phi) is 2.26. The van der Waals surface area contributed by atoms with Gasteiger partial charge in [-0.1, -0.05) is 0 Å². The highest BCUT2D eigenvalue weighted by molar-refractivity contribution is 7.57. The van der Waals surface area contributed by atoms with Crippen LogP contribution in [0.2, 0.25) is 0 Å². The van der Waals surface area contributed by atoms with Crippen LogP contribution in [-0.4, -0.2) is 52.3 Å². The molecule has 0 aromatic carbocycles. The van der Waals surface area contributed by atoms with Crippen molar-refractivity contribution in [2.75, 3.05) is 26.2 Å². The molecule has 86 valence electrons. The van der Waals surface area contributed by atoms with Crippen LogP contribution in [0.3, 0.4) is 0 Å². The first kappa shape index (κ1) is 10.3. The summed E-state index contributed by atoms with van der Waals surface area (Å²) in [5, 5.41) is 0. The van der Waals surface area contributed by atoms with E-state index in [1.807, 2.05) is 0 Å². The molecular formula is C10H20N3OP. The highest BCUT2D eigenvalue weighted by atomic mass is 31.2. The summed E-state index contributed by atoms with van der Waals surface area (Å²) in [5.74, 6) is 0. The first-order valence-corrected chi connectivity index (χ1v) is 7.60. The number of hydrogen-bond donors (Lipinski definition) is 0. The molecule has 3 heterocycles. The zero-order valence-electron chi connectivity index (χ0n) is 9.59. The van der Waals surface area contributed by atoms with Gasteiger partial charge in [-0.15, -0.1) is 0 Å². The molecule has 5 heteroatoms. The van der Waals surface area contributed by atoms with Crippen molar-refractivity contribution >= 4 is 7.59 Å². The average Bonchev–Trinajstić information content (AvgIpc) is 3.03. The minimum atomic E-state index is -2.30. The van der Waals surface area contributed by atoms with Gasteiger partial charge in [0, 0.05) is 38.3 Å². The first-order valence-electron chi connectivity index (χ1n) is 6.04. The van der Waals surface area contributed by atoms with Crippen molar-refractivity contribution in [1.29, 1.82) is 0 Å². The third kappa shape index (κ3) is 1.50. The van der Waals surface area contributed by atoms with Crippen LogP contribution in [0.25, 0.3) is 0 Å². The highest BCUT2D eigenvalue weighted by Gasteiger charge is 2.58. The Morgan fingerprint density at radius 3 is 1.73 bits per heavy atom. The molecule has 0 bridgehead atoms. The van der Waals surface area contributed by atoms with Crippen LogP contribution < -0.4 is 0 Å². The molecule has 3 rings (SSSR count). The highest BCUT2D eigenvalue weighted by Crippen LogP contribution is 2.66. The smallest absolute Gasteiger partial charge is 0.270 e.